The molecule has 0 fully saturated rings. The summed E-state index contributed by atoms with van der Waals surface area (Å²) < 4.78 is 1.56. The molecule has 0 spiro atoms. The predicted molar refractivity (Wildman–Crippen MR) is 60.3 cm³/mol. The van der Waals surface area contributed by atoms with Crippen molar-refractivity contribution in [3.05, 3.63) is 46.0 Å². The van der Waals surface area contributed by atoms with Crippen LogP contribution < -0.4 is 0 Å². The molecular formula is C10H9Cl2N3. The minimum atomic E-state index is 0.173. The molecule has 2 rings (SSSR count). The van der Waals surface area contributed by atoms with Crippen molar-refractivity contribution >= 4 is 23.2 Å². The number of hydrogen-bond donors (Lipinski definition) is 0. The summed E-state index contributed by atoms with van der Waals surface area (Å²) in [5, 5.41) is 4.45. The summed E-state index contributed by atoms with van der Waals surface area (Å²) >= 11 is 11.5. The Morgan fingerprint density at radius 3 is 2.40 bits per heavy atom. The van der Waals surface area contributed by atoms with E-state index in [2.05, 4.69) is 10.1 Å². The molecular weight excluding hydrogens is 233 g/mol. The fourth-order valence-corrected chi connectivity index (χ4v) is 1.66. The second-order valence-corrected chi connectivity index (χ2v) is 3.97. The van der Waals surface area contributed by atoms with Crippen molar-refractivity contribution in [1.82, 2.24) is 14.8 Å². The van der Waals surface area contributed by atoms with E-state index in [9.17, 15) is 0 Å². The molecule has 1 heterocycles. The SMILES string of the molecule is Cc1ccc(Cn2nc(Cl)nc2Cl)cc1. The minimum Gasteiger partial charge on any atom is -0.230 e. The molecule has 3 nitrogen and oxygen atoms in total. The van der Waals surface area contributed by atoms with Gasteiger partial charge in [-0.05, 0) is 35.7 Å². The summed E-state index contributed by atoms with van der Waals surface area (Å²) in [7, 11) is 0. The van der Waals surface area contributed by atoms with E-state index in [1.807, 2.05) is 31.2 Å². The highest BCUT2D eigenvalue weighted by Gasteiger charge is 2.05. The highest BCUT2D eigenvalue weighted by Crippen LogP contribution is 2.12. The van der Waals surface area contributed by atoms with Crippen LogP contribution in [-0.2, 0) is 6.54 Å². The van der Waals surface area contributed by atoms with Crippen LogP contribution in [0.25, 0.3) is 0 Å². The smallest absolute Gasteiger partial charge is 0.230 e. The third kappa shape index (κ3) is 2.49. The van der Waals surface area contributed by atoms with Crippen LogP contribution in [0.2, 0.25) is 10.6 Å². The lowest BCUT2D eigenvalue weighted by Crippen LogP contribution is -2.01. The van der Waals surface area contributed by atoms with Crippen molar-refractivity contribution in [2.75, 3.05) is 0 Å². The summed E-state index contributed by atoms with van der Waals surface area (Å²) in [6.45, 7) is 2.63. The van der Waals surface area contributed by atoms with Gasteiger partial charge in [-0.25, -0.2) is 4.68 Å². The minimum absolute atomic E-state index is 0.173. The largest absolute Gasteiger partial charge is 0.243 e. The lowest BCUT2D eigenvalue weighted by molar-refractivity contribution is 0.686. The van der Waals surface area contributed by atoms with Crippen molar-refractivity contribution < 1.29 is 0 Å². The third-order valence-corrected chi connectivity index (χ3v) is 2.49. The molecule has 0 aliphatic heterocycles. The molecule has 0 N–H and O–H groups in total. The van der Waals surface area contributed by atoms with Crippen LogP contribution in [0.1, 0.15) is 11.1 Å². The van der Waals surface area contributed by atoms with Crippen molar-refractivity contribution in [1.29, 1.82) is 0 Å². The number of halogens is 2. The van der Waals surface area contributed by atoms with E-state index in [0.717, 1.165) is 5.56 Å². The van der Waals surface area contributed by atoms with Crippen LogP contribution >= 0.6 is 23.2 Å². The predicted octanol–water partition coefficient (Wildman–Crippen LogP) is 2.94. The first kappa shape index (κ1) is 10.5. The van der Waals surface area contributed by atoms with E-state index in [0.29, 0.717) is 11.8 Å². The van der Waals surface area contributed by atoms with Crippen LogP contribution in [0.4, 0.5) is 0 Å². The van der Waals surface area contributed by atoms with Gasteiger partial charge in [0, 0.05) is 0 Å². The quantitative estimate of drug-likeness (QED) is 0.810. The molecule has 0 amide bonds. The first-order chi connectivity index (χ1) is 7.15. The highest BCUT2D eigenvalue weighted by atomic mass is 35.5. The molecule has 78 valence electrons. The zero-order chi connectivity index (χ0) is 10.8. The second-order valence-electron chi connectivity index (χ2n) is 3.29. The van der Waals surface area contributed by atoms with Gasteiger partial charge in [-0.3, -0.25) is 0 Å². The molecule has 0 radical (unpaired) electrons. The van der Waals surface area contributed by atoms with Gasteiger partial charge in [-0.15, -0.1) is 5.10 Å². The maximum absolute atomic E-state index is 5.83. The van der Waals surface area contributed by atoms with Gasteiger partial charge < -0.3 is 0 Å². The number of hydrogen-bond acceptors (Lipinski definition) is 2. The van der Waals surface area contributed by atoms with E-state index in [1.54, 1.807) is 4.68 Å². The summed E-state index contributed by atoms with van der Waals surface area (Å²) in [5.41, 5.74) is 2.34. The zero-order valence-corrected chi connectivity index (χ0v) is 9.63. The zero-order valence-electron chi connectivity index (χ0n) is 8.11. The van der Waals surface area contributed by atoms with Gasteiger partial charge in [0.15, 0.2) is 0 Å². The average Bonchev–Trinajstić information content (AvgIpc) is 2.49. The van der Waals surface area contributed by atoms with E-state index in [4.69, 9.17) is 23.2 Å². The monoisotopic (exact) mass is 241 g/mol. The number of aromatic nitrogens is 3. The van der Waals surface area contributed by atoms with Gasteiger partial charge in [0.25, 0.3) is 0 Å². The molecule has 0 bridgehead atoms. The fraction of sp³-hybridized carbons (Fsp3) is 0.200. The topological polar surface area (TPSA) is 30.7 Å². The Morgan fingerprint density at radius 1 is 1.20 bits per heavy atom. The van der Waals surface area contributed by atoms with Crippen molar-refractivity contribution in [2.24, 2.45) is 0 Å². The lowest BCUT2D eigenvalue weighted by atomic mass is 10.1. The number of benzene rings is 1. The standard InChI is InChI=1S/C10H9Cl2N3/c1-7-2-4-8(5-3-7)6-15-10(12)13-9(11)14-15/h2-5H,6H2,1H3. The molecule has 2 aromatic rings. The van der Waals surface area contributed by atoms with Crippen LogP contribution in [-0.4, -0.2) is 14.8 Å². The van der Waals surface area contributed by atoms with E-state index in [1.165, 1.54) is 5.56 Å². The summed E-state index contributed by atoms with van der Waals surface area (Å²) in [6, 6.07) is 8.14. The molecule has 0 atom stereocenters. The molecule has 1 aromatic carbocycles. The average molecular weight is 242 g/mol. The maximum atomic E-state index is 5.83. The van der Waals surface area contributed by atoms with Gasteiger partial charge in [-0.1, -0.05) is 29.8 Å². The second kappa shape index (κ2) is 4.21. The van der Waals surface area contributed by atoms with Crippen molar-refractivity contribution in [3.8, 4) is 0 Å². The van der Waals surface area contributed by atoms with Crippen LogP contribution in [0.5, 0.6) is 0 Å². The molecule has 5 heteroatoms. The number of rotatable bonds is 2. The number of nitrogens with zero attached hydrogens (tertiary/aromatic N) is 3. The van der Waals surface area contributed by atoms with Crippen molar-refractivity contribution in [2.45, 2.75) is 13.5 Å². The first-order valence-corrected chi connectivity index (χ1v) is 5.22. The summed E-state index contributed by atoms with van der Waals surface area (Å²) in [5.74, 6) is 0. The third-order valence-electron chi connectivity index (χ3n) is 2.05. The van der Waals surface area contributed by atoms with Gasteiger partial charge in [-0.2, -0.15) is 4.98 Å². The Morgan fingerprint density at radius 2 is 1.87 bits per heavy atom. The van der Waals surface area contributed by atoms with E-state index >= 15 is 0 Å². The molecule has 0 aliphatic rings. The Labute approximate surface area is 97.7 Å². The maximum Gasteiger partial charge on any atom is 0.243 e. The Bertz CT molecular complexity index is 462. The first-order valence-electron chi connectivity index (χ1n) is 4.46. The van der Waals surface area contributed by atoms with E-state index in [-0.39, 0.29) is 5.28 Å². The molecule has 0 aliphatic carbocycles. The van der Waals surface area contributed by atoms with Crippen LogP contribution in [0.15, 0.2) is 24.3 Å². The highest BCUT2D eigenvalue weighted by molar-refractivity contribution is 6.31. The molecule has 1 aromatic heterocycles. The lowest BCUT2D eigenvalue weighted by Gasteiger charge is -2.02. The molecule has 0 unspecified atom stereocenters. The Balaban J connectivity index is 2.21. The Kier molecular flexibility index (Phi) is 2.93. The van der Waals surface area contributed by atoms with Gasteiger partial charge >= 0.3 is 0 Å². The fourth-order valence-electron chi connectivity index (χ4n) is 1.26. The van der Waals surface area contributed by atoms with Gasteiger partial charge in [0.1, 0.15) is 0 Å². The normalized spacial score (nSPS) is 10.6. The van der Waals surface area contributed by atoms with Gasteiger partial charge in [0.2, 0.25) is 10.6 Å². The molecule has 15 heavy (non-hydrogen) atoms. The van der Waals surface area contributed by atoms with E-state index < -0.39 is 0 Å². The molecule has 0 saturated heterocycles. The van der Waals surface area contributed by atoms with Gasteiger partial charge in [0.05, 0.1) is 6.54 Å². The molecule has 0 saturated carbocycles. The summed E-state index contributed by atoms with van der Waals surface area (Å²) in [4.78, 5) is 3.81. The number of aryl methyl sites for hydroxylation is 1. The van der Waals surface area contributed by atoms with Crippen molar-refractivity contribution in [3.63, 3.8) is 0 Å². The Hall–Kier alpha value is -1.06. The summed E-state index contributed by atoms with van der Waals surface area (Å²) in [6.07, 6.45) is 0. The van der Waals surface area contributed by atoms with Crippen LogP contribution in [0, 0.1) is 6.92 Å². The van der Waals surface area contributed by atoms with Crippen LogP contribution in [0.3, 0.4) is 0 Å².